The van der Waals surface area contributed by atoms with E-state index in [1.807, 2.05) is 13.2 Å². The molecule has 146 valence electrons. The number of carbonyl (C=O) groups is 1. The molecule has 25 heavy (non-hydrogen) atoms. The van der Waals surface area contributed by atoms with Crippen LogP contribution >= 0.6 is 0 Å². The van der Waals surface area contributed by atoms with Crippen molar-refractivity contribution < 1.29 is 13.6 Å². The summed E-state index contributed by atoms with van der Waals surface area (Å²) in [7, 11) is -3.71. The molecule has 3 nitrogen and oxygen atoms in total. The van der Waals surface area contributed by atoms with Crippen LogP contribution < -0.4 is 0 Å². The number of hydrogen-bond acceptors (Lipinski definition) is 3. The molecule has 0 N–H and O–H groups in total. The molecular weight excluding hydrogens is 344 g/mol. The van der Waals surface area contributed by atoms with Gasteiger partial charge in [0.1, 0.15) is 5.78 Å². The van der Waals surface area contributed by atoms with Crippen molar-refractivity contribution >= 4 is 22.4 Å². The Bertz CT molecular complexity index is 510. The van der Waals surface area contributed by atoms with Gasteiger partial charge >= 0.3 is 0 Å². The first-order chi connectivity index (χ1) is 11.0. The molecule has 1 aliphatic carbocycles. The first-order valence-corrected chi connectivity index (χ1v) is 15.4. The second-order valence-electron chi connectivity index (χ2n) is 10.7. The fraction of sp³-hybridized carbons (Fsp3) is 0.850. The third-order valence-corrected chi connectivity index (χ3v) is 15.5. The Morgan fingerprint density at radius 3 is 1.88 bits per heavy atom. The van der Waals surface area contributed by atoms with Crippen molar-refractivity contribution in [3.05, 3.63) is 12.3 Å². The minimum atomic E-state index is -1.89. The predicted octanol–water partition coefficient (Wildman–Crippen LogP) is 6.14. The van der Waals surface area contributed by atoms with Gasteiger partial charge in [0.05, 0.1) is 12.4 Å². The second kappa shape index (κ2) is 7.31. The van der Waals surface area contributed by atoms with Gasteiger partial charge in [0.25, 0.3) is 0 Å². The van der Waals surface area contributed by atoms with Gasteiger partial charge in [-0.3, -0.25) is 4.79 Å². The van der Waals surface area contributed by atoms with E-state index < -0.39 is 16.6 Å². The number of hydrogen-bond donors (Lipinski definition) is 0. The lowest BCUT2D eigenvalue weighted by atomic mass is 9.96. The highest BCUT2D eigenvalue weighted by Gasteiger charge is 2.46. The average molecular weight is 385 g/mol. The summed E-state index contributed by atoms with van der Waals surface area (Å²) in [4.78, 5) is 12.3. The van der Waals surface area contributed by atoms with Gasteiger partial charge in [-0.15, -0.1) is 0 Å². The van der Waals surface area contributed by atoms with Crippen molar-refractivity contribution in [2.24, 2.45) is 11.8 Å². The molecule has 0 aliphatic heterocycles. The monoisotopic (exact) mass is 384 g/mol. The van der Waals surface area contributed by atoms with Gasteiger partial charge in [0.15, 0.2) is 8.32 Å². The Kier molecular flexibility index (Phi) is 6.63. The smallest absolute Gasteiger partial charge is 0.249 e. The normalized spacial score (nSPS) is 26.5. The SMILES string of the molecule is CC1C(=O)CC(O[Si](C)(C)C(C)(C)C)C1/C=C/O[Si](C)(C)C(C)(C)C. The Morgan fingerprint density at radius 2 is 1.44 bits per heavy atom. The van der Waals surface area contributed by atoms with E-state index in [1.165, 1.54) is 0 Å². The first-order valence-electron chi connectivity index (χ1n) is 9.54. The van der Waals surface area contributed by atoms with Crippen molar-refractivity contribution in [3.8, 4) is 0 Å². The Labute approximate surface area is 157 Å². The number of Topliss-reactive ketones (excluding diaryl/α,β-unsaturated/α-hetero) is 1. The Hall–Kier alpha value is -0.396. The van der Waals surface area contributed by atoms with Crippen LogP contribution in [-0.4, -0.2) is 28.5 Å². The molecule has 1 fully saturated rings. The van der Waals surface area contributed by atoms with Crippen LogP contribution in [0.25, 0.3) is 0 Å². The lowest BCUT2D eigenvalue weighted by Gasteiger charge is -2.39. The first kappa shape index (κ1) is 22.6. The molecule has 1 saturated carbocycles. The minimum absolute atomic E-state index is 0.00836. The summed E-state index contributed by atoms with van der Waals surface area (Å²) in [5.41, 5.74) is 0. The molecule has 0 aromatic heterocycles. The van der Waals surface area contributed by atoms with Crippen molar-refractivity contribution in [3.63, 3.8) is 0 Å². The largest absolute Gasteiger partial charge is 0.549 e. The van der Waals surface area contributed by atoms with E-state index in [2.05, 4.69) is 73.8 Å². The second-order valence-corrected chi connectivity index (χ2v) is 20.2. The molecule has 0 aromatic carbocycles. The van der Waals surface area contributed by atoms with Crippen molar-refractivity contribution in [1.82, 2.24) is 0 Å². The van der Waals surface area contributed by atoms with E-state index in [-0.39, 0.29) is 28.0 Å². The highest BCUT2D eigenvalue weighted by atomic mass is 28.4. The molecule has 3 atom stereocenters. The van der Waals surface area contributed by atoms with Gasteiger partial charge in [0.2, 0.25) is 8.32 Å². The lowest BCUT2D eigenvalue weighted by molar-refractivity contribution is -0.120. The fourth-order valence-corrected chi connectivity index (χ4v) is 4.62. The average Bonchev–Trinajstić information content (AvgIpc) is 2.62. The lowest BCUT2D eigenvalue weighted by Crippen LogP contribution is -2.45. The van der Waals surface area contributed by atoms with Gasteiger partial charge in [-0.1, -0.05) is 48.5 Å². The summed E-state index contributed by atoms with van der Waals surface area (Å²) < 4.78 is 12.8. The van der Waals surface area contributed by atoms with Crippen LogP contribution in [0, 0.1) is 11.8 Å². The van der Waals surface area contributed by atoms with E-state index >= 15 is 0 Å². The zero-order chi connectivity index (χ0) is 19.8. The maximum atomic E-state index is 12.3. The third-order valence-electron chi connectivity index (χ3n) is 6.64. The van der Waals surface area contributed by atoms with Crippen LogP contribution in [0.4, 0.5) is 0 Å². The van der Waals surface area contributed by atoms with Crippen molar-refractivity contribution in [2.75, 3.05) is 0 Å². The highest BCUT2D eigenvalue weighted by Crippen LogP contribution is 2.42. The zero-order valence-corrected chi connectivity index (χ0v) is 20.3. The summed E-state index contributed by atoms with van der Waals surface area (Å²) in [5.74, 6) is 0.436. The maximum absolute atomic E-state index is 12.3. The van der Waals surface area contributed by atoms with Gasteiger partial charge in [-0.25, -0.2) is 0 Å². The number of carbonyl (C=O) groups excluding carboxylic acids is 1. The predicted molar refractivity (Wildman–Crippen MR) is 112 cm³/mol. The molecule has 0 bridgehead atoms. The molecule has 3 unspecified atom stereocenters. The molecule has 0 heterocycles. The summed E-state index contributed by atoms with van der Waals surface area (Å²) >= 11 is 0. The molecule has 1 rings (SSSR count). The molecule has 0 amide bonds. The molecule has 5 heteroatoms. The van der Waals surface area contributed by atoms with Crippen LogP contribution in [-0.2, 0) is 13.6 Å². The summed E-state index contributed by atoms with van der Waals surface area (Å²) in [5, 5.41) is 0.319. The summed E-state index contributed by atoms with van der Waals surface area (Å²) in [6, 6.07) is 0. The highest BCUT2D eigenvalue weighted by molar-refractivity contribution is 6.74. The Balaban J connectivity index is 2.91. The topological polar surface area (TPSA) is 35.5 Å². The number of rotatable bonds is 5. The van der Waals surface area contributed by atoms with Gasteiger partial charge in [-0.05, 0) is 42.3 Å². The van der Waals surface area contributed by atoms with E-state index in [4.69, 9.17) is 8.85 Å². The van der Waals surface area contributed by atoms with Crippen LogP contribution in [0.1, 0.15) is 54.9 Å². The zero-order valence-electron chi connectivity index (χ0n) is 18.3. The quantitative estimate of drug-likeness (QED) is 0.422. The number of ketones is 1. The fourth-order valence-electron chi connectivity index (χ4n) is 2.50. The standard InChI is InChI=1S/C20H40O3Si2/c1-15-16(12-13-22-24(8,9)19(2,3)4)18(14-17(15)21)23-25(10,11)20(5,6)7/h12-13,15-16,18H,14H2,1-11H3/b13-12+. The van der Waals surface area contributed by atoms with E-state index in [9.17, 15) is 4.79 Å². The maximum Gasteiger partial charge on any atom is 0.249 e. The molecule has 0 spiro atoms. The van der Waals surface area contributed by atoms with Crippen LogP contribution in [0.5, 0.6) is 0 Å². The minimum Gasteiger partial charge on any atom is -0.549 e. The van der Waals surface area contributed by atoms with E-state index in [0.717, 1.165) is 0 Å². The third kappa shape index (κ3) is 5.30. The van der Waals surface area contributed by atoms with E-state index in [1.54, 1.807) is 0 Å². The molecular formula is C20H40O3Si2. The van der Waals surface area contributed by atoms with Gasteiger partial charge in [-0.2, -0.15) is 0 Å². The summed E-state index contributed by atoms with van der Waals surface area (Å²) in [6.07, 6.45) is 4.47. The Morgan fingerprint density at radius 1 is 0.960 bits per heavy atom. The van der Waals surface area contributed by atoms with Crippen LogP contribution in [0.15, 0.2) is 12.3 Å². The van der Waals surface area contributed by atoms with Crippen LogP contribution in [0.3, 0.4) is 0 Å². The molecule has 0 radical (unpaired) electrons. The van der Waals surface area contributed by atoms with Crippen molar-refractivity contribution in [1.29, 1.82) is 0 Å². The van der Waals surface area contributed by atoms with E-state index in [0.29, 0.717) is 12.2 Å². The van der Waals surface area contributed by atoms with Gasteiger partial charge in [0, 0.05) is 18.3 Å². The van der Waals surface area contributed by atoms with Crippen LogP contribution in [0.2, 0.25) is 36.3 Å². The molecule has 1 aliphatic rings. The van der Waals surface area contributed by atoms with Gasteiger partial charge < -0.3 is 8.85 Å². The summed E-state index contributed by atoms with van der Waals surface area (Å²) in [6.45, 7) is 24.4. The molecule has 0 saturated heterocycles. The van der Waals surface area contributed by atoms with Crippen molar-refractivity contribution in [2.45, 2.75) is 97.3 Å². The molecule has 0 aromatic rings.